The first-order valence-electron chi connectivity index (χ1n) is 10.5. The third-order valence-electron chi connectivity index (χ3n) is 5.48. The molecule has 1 aliphatic rings. The highest BCUT2D eigenvalue weighted by Gasteiger charge is 2.16. The number of anilines is 1. The maximum Gasteiger partial charge on any atom is 0.319 e. The molecule has 2 aromatic heterocycles. The summed E-state index contributed by atoms with van der Waals surface area (Å²) in [5, 5.41) is 10.00. The van der Waals surface area contributed by atoms with E-state index in [1.54, 1.807) is 29.3 Å². The van der Waals surface area contributed by atoms with Crippen molar-refractivity contribution < 1.29 is 4.79 Å². The van der Waals surface area contributed by atoms with Gasteiger partial charge in [0.15, 0.2) is 5.82 Å². The number of rotatable bonds is 6. The predicted octanol–water partition coefficient (Wildman–Crippen LogP) is 3.82. The van der Waals surface area contributed by atoms with Crippen LogP contribution in [0.25, 0.3) is 5.82 Å². The van der Waals surface area contributed by atoms with Gasteiger partial charge in [0.25, 0.3) is 0 Å². The standard InChI is InChI=1S/C23H28N6O/c1-18-8-13-28(14-9-18)17-20-6-2-5-19(15-20)16-25-23(30)27-21-7-3-10-24-22(21)29-12-4-11-26-29/h2-7,10-12,15,18H,8-9,13-14,16-17H2,1H3,(H2,25,27,30). The summed E-state index contributed by atoms with van der Waals surface area (Å²) in [6.07, 6.45) is 7.69. The zero-order valence-corrected chi connectivity index (χ0v) is 17.3. The van der Waals surface area contributed by atoms with Crippen molar-refractivity contribution in [3.63, 3.8) is 0 Å². The number of hydrogen-bond acceptors (Lipinski definition) is 4. The molecule has 3 heterocycles. The van der Waals surface area contributed by atoms with Crippen LogP contribution in [0.1, 0.15) is 30.9 Å². The summed E-state index contributed by atoms with van der Waals surface area (Å²) in [7, 11) is 0. The summed E-state index contributed by atoms with van der Waals surface area (Å²) < 4.78 is 1.63. The number of urea groups is 1. The lowest BCUT2D eigenvalue weighted by Gasteiger charge is -2.30. The van der Waals surface area contributed by atoms with Crippen LogP contribution in [0, 0.1) is 5.92 Å². The summed E-state index contributed by atoms with van der Waals surface area (Å²) >= 11 is 0. The maximum absolute atomic E-state index is 12.5. The molecular weight excluding hydrogens is 376 g/mol. The number of piperidine rings is 1. The lowest BCUT2D eigenvalue weighted by Crippen LogP contribution is -2.32. The Bertz CT molecular complexity index is 963. The normalized spacial score (nSPS) is 15.1. The van der Waals surface area contributed by atoms with Crippen molar-refractivity contribution in [2.75, 3.05) is 18.4 Å². The van der Waals surface area contributed by atoms with E-state index in [0.717, 1.165) is 31.1 Å². The topological polar surface area (TPSA) is 75.1 Å². The molecule has 1 aliphatic heterocycles. The number of carbonyl (C=O) groups excluding carboxylic acids is 1. The van der Waals surface area contributed by atoms with E-state index >= 15 is 0 Å². The van der Waals surface area contributed by atoms with Crippen molar-refractivity contribution in [2.24, 2.45) is 5.92 Å². The van der Waals surface area contributed by atoms with E-state index in [9.17, 15) is 4.79 Å². The monoisotopic (exact) mass is 404 g/mol. The van der Waals surface area contributed by atoms with Gasteiger partial charge in [-0.1, -0.05) is 31.2 Å². The number of nitrogens with one attached hydrogen (secondary N) is 2. The number of amides is 2. The molecular formula is C23H28N6O. The van der Waals surface area contributed by atoms with Gasteiger partial charge in [-0.25, -0.2) is 14.5 Å². The second kappa shape index (κ2) is 9.54. The smallest absolute Gasteiger partial charge is 0.319 e. The highest BCUT2D eigenvalue weighted by molar-refractivity contribution is 5.90. The summed E-state index contributed by atoms with van der Waals surface area (Å²) in [5.41, 5.74) is 2.98. The van der Waals surface area contributed by atoms with E-state index in [0.29, 0.717) is 18.1 Å². The minimum absolute atomic E-state index is 0.271. The molecule has 2 amide bonds. The van der Waals surface area contributed by atoms with Crippen molar-refractivity contribution in [2.45, 2.75) is 32.9 Å². The van der Waals surface area contributed by atoms with E-state index in [4.69, 9.17) is 0 Å². The lowest BCUT2D eigenvalue weighted by molar-refractivity contribution is 0.185. The highest BCUT2D eigenvalue weighted by atomic mass is 16.2. The van der Waals surface area contributed by atoms with Crippen molar-refractivity contribution in [3.8, 4) is 5.82 Å². The average Bonchev–Trinajstić information content (AvgIpc) is 3.29. The van der Waals surface area contributed by atoms with Crippen LogP contribution in [-0.2, 0) is 13.1 Å². The van der Waals surface area contributed by atoms with Gasteiger partial charge in [0.05, 0.1) is 5.69 Å². The number of benzene rings is 1. The Labute approximate surface area is 177 Å². The van der Waals surface area contributed by atoms with Crippen molar-refractivity contribution in [3.05, 3.63) is 72.2 Å². The molecule has 1 saturated heterocycles. The molecule has 0 bridgehead atoms. The van der Waals surface area contributed by atoms with E-state index in [2.05, 4.69) is 50.7 Å². The van der Waals surface area contributed by atoms with Gasteiger partial charge in [-0.3, -0.25) is 4.90 Å². The quantitative estimate of drug-likeness (QED) is 0.655. The summed E-state index contributed by atoms with van der Waals surface area (Å²) in [5.74, 6) is 1.42. The Morgan fingerprint density at radius 1 is 1.10 bits per heavy atom. The van der Waals surface area contributed by atoms with E-state index in [-0.39, 0.29) is 6.03 Å². The third-order valence-corrected chi connectivity index (χ3v) is 5.48. The molecule has 0 saturated carbocycles. The first-order chi connectivity index (χ1) is 14.7. The number of aromatic nitrogens is 3. The fraction of sp³-hybridized carbons (Fsp3) is 0.348. The van der Waals surface area contributed by atoms with Crippen molar-refractivity contribution >= 4 is 11.7 Å². The van der Waals surface area contributed by atoms with Crippen LogP contribution in [0.2, 0.25) is 0 Å². The first kappa shape index (κ1) is 20.1. The molecule has 4 rings (SSSR count). The molecule has 0 unspecified atom stereocenters. The SMILES string of the molecule is CC1CCN(Cc2cccc(CNC(=O)Nc3cccnc3-n3cccn3)c2)CC1. The highest BCUT2D eigenvalue weighted by Crippen LogP contribution is 2.19. The number of likely N-dealkylation sites (tertiary alicyclic amines) is 1. The van der Waals surface area contributed by atoms with Crippen LogP contribution < -0.4 is 10.6 Å². The van der Waals surface area contributed by atoms with Gasteiger partial charge in [-0.2, -0.15) is 5.10 Å². The second-order valence-electron chi connectivity index (χ2n) is 7.91. The van der Waals surface area contributed by atoms with Crippen LogP contribution in [-0.4, -0.2) is 38.8 Å². The van der Waals surface area contributed by atoms with Gasteiger partial charge in [-0.15, -0.1) is 0 Å². The molecule has 7 nitrogen and oxygen atoms in total. The minimum Gasteiger partial charge on any atom is -0.334 e. The molecule has 0 spiro atoms. The summed E-state index contributed by atoms with van der Waals surface area (Å²) in [4.78, 5) is 19.3. The third kappa shape index (κ3) is 5.24. The van der Waals surface area contributed by atoms with Crippen LogP contribution in [0.4, 0.5) is 10.5 Å². The number of nitrogens with zero attached hydrogens (tertiary/aromatic N) is 4. The van der Waals surface area contributed by atoms with Crippen molar-refractivity contribution in [1.82, 2.24) is 25.0 Å². The van der Waals surface area contributed by atoms with Crippen LogP contribution >= 0.6 is 0 Å². The Kier molecular flexibility index (Phi) is 6.39. The maximum atomic E-state index is 12.5. The summed E-state index contributed by atoms with van der Waals surface area (Å²) in [6, 6.07) is 13.6. The Hall–Kier alpha value is -3.19. The van der Waals surface area contributed by atoms with Gasteiger partial charge in [-0.05, 0) is 61.2 Å². The number of pyridine rings is 1. The molecule has 30 heavy (non-hydrogen) atoms. The molecule has 7 heteroatoms. The Balaban J connectivity index is 1.33. The van der Waals surface area contributed by atoms with Crippen LogP contribution in [0.15, 0.2) is 61.1 Å². The molecule has 156 valence electrons. The van der Waals surface area contributed by atoms with Crippen LogP contribution in [0.3, 0.4) is 0 Å². The molecule has 0 radical (unpaired) electrons. The van der Waals surface area contributed by atoms with Gasteiger partial charge in [0.1, 0.15) is 0 Å². The molecule has 1 fully saturated rings. The molecule has 0 aliphatic carbocycles. The zero-order chi connectivity index (χ0) is 20.8. The predicted molar refractivity (Wildman–Crippen MR) is 117 cm³/mol. The number of hydrogen-bond donors (Lipinski definition) is 2. The van der Waals surface area contributed by atoms with E-state index in [1.165, 1.54) is 18.4 Å². The second-order valence-corrected chi connectivity index (χ2v) is 7.91. The Morgan fingerprint density at radius 3 is 2.73 bits per heavy atom. The van der Waals surface area contributed by atoms with Gasteiger partial charge in [0.2, 0.25) is 0 Å². The van der Waals surface area contributed by atoms with Gasteiger partial charge < -0.3 is 10.6 Å². The molecule has 2 N–H and O–H groups in total. The Morgan fingerprint density at radius 2 is 1.93 bits per heavy atom. The molecule has 3 aromatic rings. The average molecular weight is 405 g/mol. The fourth-order valence-electron chi connectivity index (χ4n) is 3.74. The minimum atomic E-state index is -0.271. The van der Waals surface area contributed by atoms with E-state index < -0.39 is 0 Å². The van der Waals surface area contributed by atoms with Gasteiger partial charge >= 0.3 is 6.03 Å². The van der Waals surface area contributed by atoms with Crippen molar-refractivity contribution in [1.29, 1.82) is 0 Å². The van der Waals surface area contributed by atoms with Crippen LogP contribution in [0.5, 0.6) is 0 Å². The zero-order valence-electron chi connectivity index (χ0n) is 17.3. The van der Waals surface area contributed by atoms with Gasteiger partial charge in [0, 0.05) is 31.7 Å². The van der Waals surface area contributed by atoms with E-state index in [1.807, 2.05) is 18.2 Å². The fourth-order valence-corrected chi connectivity index (χ4v) is 3.74. The lowest BCUT2D eigenvalue weighted by atomic mass is 9.98. The number of carbonyl (C=O) groups is 1. The molecule has 1 aromatic carbocycles. The largest absolute Gasteiger partial charge is 0.334 e. The molecule has 0 atom stereocenters. The summed E-state index contributed by atoms with van der Waals surface area (Å²) in [6.45, 7) is 6.09. The first-order valence-corrected chi connectivity index (χ1v) is 10.5.